The van der Waals surface area contributed by atoms with Crippen molar-refractivity contribution in [1.29, 1.82) is 0 Å². The minimum absolute atomic E-state index is 0.110. The summed E-state index contributed by atoms with van der Waals surface area (Å²) >= 11 is 0. The quantitative estimate of drug-likeness (QED) is 0.632. The highest BCUT2D eigenvalue weighted by Crippen LogP contribution is 2.36. The predicted octanol–water partition coefficient (Wildman–Crippen LogP) is 5.03. The zero-order valence-electron chi connectivity index (χ0n) is 17.8. The van der Waals surface area contributed by atoms with E-state index in [2.05, 4.69) is 5.32 Å². The largest absolute Gasteiger partial charge is 0.388 e. The Kier molecular flexibility index (Phi) is 5.87. The molecule has 0 radical (unpaired) electrons. The van der Waals surface area contributed by atoms with Crippen molar-refractivity contribution in [2.24, 2.45) is 0 Å². The van der Waals surface area contributed by atoms with Crippen molar-refractivity contribution in [1.82, 2.24) is 0 Å². The summed E-state index contributed by atoms with van der Waals surface area (Å²) in [6.07, 6.45) is 0.794. The number of anilines is 2. The van der Waals surface area contributed by atoms with Crippen LogP contribution in [0.15, 0.2) is 66.7 Å². The zero-order chi connectivity index (χ0) is 22.0. The molecule has 158 valence electrons. The number of benzene rings is 3. The molecule has 2 N–H and O–H groups in total. The van der Waals surface area contributed by atoms with Crippen LogP contribution >= 0.6 is 0 Å². The van der Waals surface area contributed by atoms with Crippen LogP contribution in [0.25, 0.3) is 0 Å². The maximum atomic E-state index is 13.3. The Bertz CT molecular complexity index is 1120. The van der Waals surface area contributed by atoms with Gasteiger partial charge in [0.25, 0.3) is 11.8 Å². The number of carbonyl (C=O) groups excluding carboxylic acids is 2. The maximum Gasteiger partial charge on any atom is 0.258 e. The van der Waals surface area contributed by atoms with Crippen LogP contribution in [0.4, 0.5) is 11.4 Å². The van der Waals surface area contributed by atoms with Crippen LogP contribution in [0.1, 0.15) is 56.4 Å². The third kappa shape index (κ3) is 4.23. The molecule has 0 spiro atoms. The highest BCUT2D eigenvalue weighted by Gasteiger charge is 2.27. The summed E-state index contributed by atoms with van der Waals surface area (Å²) in [6.45, 7) is 4.41. The number of para-hydroxylation sites is 1. The first-order chi connectivity index (χ1) is 15.0. The van der Waals surface area contributed by atoms with E-state index < -0.39 is 6.10 Å². The van der Waals surface area contributed by atoms with E-state index in [-0.39, 0.29) is 11.8 Å². The minimum Gasteiger partial charge on any atom is -0.388 e. The summed E-state index contributed by atoms with van der Waals surface area (Å²) in [4.78, 5) is 27.6. The van der Waals surface area contributed by atoms with Crippen LogP contribution in [0, 0.1) is 13.8 Å². The molecule has 0 aliphatic carbocycles. The fraction of sp³-hybridized carbons (Fsp3) is 0.231. The van der Waals surface area contributed by atoms with Gasteiger partial charge in [0.1, 0.15) is 0 Å². The van der Waals surface area contributed by atoms with Gasteiger partial charge in [0.2, 0.25) is 0 Å². The molecule has 0 saturated heterocycles. The first-order valence-corrected chi connectivity index (χ1v) is 10.5. The Balaban J connectivity index is 1.56. The van der Waals surface area contributed by atoms with Crippen molar-refractivity contribution in [3.8, 4) is 0 Å². The SMILES string of the molecule is Cc1ccccc1C(=O)Nc1ccc(C(=O)N2CCC[C@@H](O)c3cccc(C)c32)cc1. The van der Waals surface area contributed by atoms with Gasteiger partial charge in [-0.05, 0) is 68.1 Å². The lowest BCUT2D eigenvalue weighted by molar-refractivity contribution is 0.0985. The fourth-order valence-corrected chi connectivity index (χ4v) is 4.11. The summed E-state index contributed by atoms with van der Waals surface area (Å²) in [6, 6.07) is 20.1. The van der Waals surface area contributed by atoms with Crippen LogP contribution in [-0.4, -0.2) is 23.5 Å². The summed E-state index contributed by atoms with van der Waals surface area (Å²) in [5.41, 5.74) is 5.27. The third-order valence-corrected chi connectivity index (χ3v) is 5.78. The van der Waals surface area contributed by atoms with E-state index >= 15 is 0 Å². The monoisotopic (exact) mass is 414 g/mol. The molecule has 4 rings (SSSR count). The molecule has 1 heterocycles. The van der Waals surface area contributed by atoms with Crippen molar-refractivity contribution < 1.29 is 14.7 Å². The van der Waals surface area contributed by atoms with Crippen LogP contribution in [0.3, 0.4) is 0 Å². The molecular formula is C26H26N2O3. The number of hydrogen-bond acceptors (Lipinski definition) is 3. The van der Waals surface area contributed by atoms with Crippen LogP contribution in [-0.2, 0) is 0 Å². The molecule has 1 atom stereocenters. The van der Waals surface area contributed by atoms with Crippen LogP contribution in [0.2, 0.25) is 0 Å². The third-order valence-electron chi connectivity index (χ3n) is 5.78. The Hall–Kier alpha value is -3.44. The Labute approximate surface area is 182 Å². The molecule has 3 aromatic carbocycles. The Morgan fingerprint density at radius 1 is 0.935 bits per heavy atom. The number of aliphatic hydroxyl groups is 1. The number of nitrogens with one attached hydrogen (secondary N) is 1. The number of aliphatic hydroxyl groups excluding tert-OH is 1. The lowest BCUT2D eigenvalue weighted by Gasteiger charge is -2.25. The normalized spacial score (nSPS) is 15.7. The predicted molar refractivity (Wildman–Crippen MR) is 123 cm³/mol. The smallest absolute Gasteiger partial charge is 0.258 e. The van der Waals surface area contributed by atoms with Crippen LogP contribution in [0.5, 0.6) is 0 Å². The molecule has 1 aliphatic heterocycles. The molecule has 5 heteroatoms. The minimum atomic E-state index is -0.563. The van der Waals surface area contributed by atoms with Gasteiger partial charge in [-0.2, -0.15) is 0 Å². The van der Waals surface area contributed by atoms with Crippen LogP contribution < -0.4 is 10.2 Å². The first-order valence-electron chi connectivity index (χ1n) is 10.5. The zero-order valence-corrected chi connectivity index (χ0v) is 17.8. The van der Waals surface area contributed by atoms with Gasteiger partial charge in [0.15, 0.2) is 0 Å². The molecule has 0 fully saturated rings. The van der Waals surface area contributed by atoms with Gasteiger partial charge >= 0.3 is 0 Å². The van der Waals surface area contributed by atoms with E-state index in [1.54, 1.807) is 35.2 Å². The van der Waals surface area contributed by atoms with E-state index in [1.807, 2.05) is 50.2 Å². The number of hydrogen-bond donors (Lipinski definition) is 2. The summed E-state index contributed by atoms with van der Waals surface area (Å²) in [5, 5.41) is 13.4. The molecule has 31 heavy (non-hydrogen) atoms. The highest BCUT2D eigenvalue weighted by molar-refractivity contribution is 6.08. The van der Waals surface area contributed by atoms with Gasteiger partial charge in [-0.15, -0.1) is 0 Å². The van der Waals surface area contributed by atoms with Crippen molar-refractivity contribution >= 4 is 23.2 Å². The molecule has 0 bridgehead atoms. The van der Waals surface area contributed by atoms with E-state index in [1.165, 1.54) is 0 Å². The Morgan fingerprint density at radius 2 is 1.65 bits per heavy atom. The summed E-state index contributed by atoms with van der Waals surface area (Å²) in [5.74, 6) is -0.287. The van der Waals surface area contributed by atoms with Crippen molar-refractivity contribution in [2.45, 2.75) is 32.8 Å². The molecule has 2 amide bonds. The molecule has 1 aliphatic rings. The van der Waals surface area contributed by atoms with Crippen molar-refractivity contribution in [3.63, 3.8) is 0 Å². The number of nitrogens with zero attached hydrogens (tertiary/aromatic N) is 1. The summed E-state index contributed by atoms with van der Waals surface area (Å²) < 4.78 is 0. The number of carbonyl (C=O) groups is 2. The molecule has 3 aromatic rings. The molecular weight excluding hydrogens is 388 g/mol. The standard InChI is InChI=1S/C26H26N2O3/c1-17-7-3-4-9-21(17)25(30)27-20-14-12-19(13-15-20)26(31)28-16-6-11-23(29)22-10-5-8-18(2)24(22)28/h3-5,7-10,12-15,23,29H,6,11,16H2,1-2H3,(H,27,30)/t23-/m1/s1. The number of fused-ring (bicyclic) bond motifs is 1. The average Bonchev–Trinajstić information content (AvgIpc) is 2.94. The van der Waals surface area contributed by atoms with E-state index in [4.69, 9.17) is 0 Å². The van der Waals surface area contributed by atoms with Gasteiger partial charge < -0.3 is 15.3 Å². The fourth-order valence-electron chi connectivity index (χ4n) is 4.11. The number of amides is 2. The lowest BCUT2D eigenvalue weighted by Crippen LogP contribution is -2.32. The number of aryl methyl sites for hydroxylation is 2. The Morgan fingerprint density at radius 3 is 2.39 bits per heavy atom. The topological polar surface area (TPSA) is 69.6 Å². The van der Waals surface area contributed by atoms with E-state index in [0.29, 0.717) is 29.8 Å². The second kappa shape index (κ2) is 8.74. The van der Waals surface area contributed by atoms with Gasteiger partial charge in [-0.25, -0.2) is 0 Å². The van der Waals surface area contributed by atoms with E-state index in [9.17, 15) is 14.7 Å². The average molecular weight is 415 g/mol. The van der Waals surface area contributed by atoms with Gasteiger partial charge in [-0.1, -0.05) is 36.4 Å². The first kappa shape index (κ1) is 20.8. The number of rotatable bonds is 3. The molecule has 0 unspecified atom stereocenters. The molecule has 0 saturated carbocycles. The van der Waals surface area contributed by atoms with Gasteiger partial charge in [0.05, 0.1) is 11.8 Å². The second-order valence-electron chi connectivity index (χ2n) is 7.97. The van der Waals surface area contributed by atoms with E-state index in [0.717, 1.165) is 28.8 Å². The lowest BCUT2D eigenvalue weighted by atomic mass is 10.0. The second-order valence-corrected chi connectivity index (χ2v) is 7.97. The van der Waals surface area contributed by atoms with Gasteiger partial charge in [0, 0.05) is 28.9 Å². The molecule has 0 aromatic heterocycles. The van der Waals surface area contributed by atoms with Crippen molar-refractivity contribution in [2.75, 3.05) is 16.8 Å². The maximum absolute atomic E-state index is 13.3. The molecule has 5 nitrogen and oxygen atoms in total. The highest BCUT2D eigenvalue weighted by atomic mass is 16.3. The van der Waals surface area contributed by atoms with Crippen molar-refractivity contribution in [3.05, 3.63) is 94.5 Å². The van der Waals surface area contributed by atoms with Gasteiger partial charge in [-0.3, -0.25) is 9.59 Å². The summed E-state index contributed by atoms with van der Waals surface area (Å²) in [7, 11) is 0.